The second-order valence-electron chi connectivity index (χ2n) is 6.69. The molecule has 0 unspecified atom stereocenters. The fourth-order valence-corrected chi connectivity index (χ4v) is 4.66. The highest BCUT2D eigenvalue weighted by molar-refractivity contribution is 7.00. The van der Waals surface area contributed by atoms with Crippen LogP contribution in [0.5, 0.6) is 0 Å². The number of anilines is 2. The van der Waals surface area contributed by atoms with Gasteiger partial charge in [-0.15, -0.1) is 0 Å². The maximum absolute atomic E-state index is 13.1. The van der Waals surface area contributed by atoms with Gasteiger partial charge in [0, 0.05) is 0 Å². The molecule has 0 bridgehead atoms. The highest BCUT2D eigenvalue weighted by Crippen LogP contribution is 2.34. The molecule has 2 amide bonds. The minimum absolute atomic E-state index is 0.0519. The van der Waals surface area contributed by atoms with E-state index < -0.39 is 0 Å². The summed E-state index contributed by atoms with van der Waals surface area (Å²) in [6, 6.07) is 7.54. The van der Waals surface area contributed by atoms with E-state index in [0.29, 0.717) is 22.4 Å². The Balaban J connectivity index is 1.57. The second-order valence-corrected chi connectivity index (χ2v) is 7.74. The normalized spacial score (nSPS) is 15.2. The van der Waals surface area contributed by atoms with Crippen LogP contribution in [-0.2, 0) is 9.59 Å². The van der Waals surface area contributed by atoms with Crippen molar-refractivity contribution in [1.82, 2.24) is 17.5 Å². The molecule has 3 heterocycles. The molecule has 0 aliphatic carbocycles. The third-order valence-electron chi connectivity index (χ3n) is 4.93. The molecule has 1 fully saturated rings. The van der Waals surface area contributed by atoms with E-state index in [4.69, 9.17) is 0 Å². The van der Waals surface area contributed by atoms with Crippen LogP contribution in [0.15, 0.2) is 24.3 Å². The molecule has 1 aliphatic rings. The Morgan fingerprint density at radius 3 is 1.57 bits per heavy atom. The molecule has 8 nitrogen and oxygen atoms in total. The quantitative estimate of drug-likeness (QED) is 0.505. The summed E-state index contributed by atoms with van der Waals surface area (Å²) >= 11 is 2.19. The lowest BCUT2D eigenvalue weighted by Crippen LogP contribution is -2.54. The third kappa shape index (κ3) is 2.49. The predicted octanol–water partition coefficient (Wildman–Crippen LogP) is 2.69. The summed E-state index contributed by atoms with van der Waals surface area (Å²) in [5.74, 6) is -0.328. The number of rotatable bonds is 2. The first-order valence-corrected chi connectivity index (χ1v) is 10.0. The van der Waals surface area contributed by atoms with Crippen LogP contribution in [0.4, 0.5) is 11.4 Å². The zero-order chi connectivity index (χ0) is 19.4. The van der Waals surface area contributed by atoms with Gasteiger partial charge in [0.2, 0.25) is 11.8 Å². The predicted molar refractivity (Wildman–Crippen MR) is 109 cm³/mol. The molecule has 0 atom stereocenters. The molecule has 2 aromatic carbocycles. The standard InChI is InChI=1S/C18H14N6O2S2/c1-9-3-5-11-15(21-27-19-11)17(9)23-7-14(26)24(8-13(23)25)18-10(2)4-6-12-16(18)22-28-20-12/h3-6H,7-8H2,1-2H3. The molecule has 4 aromatic rings. The van der Waals surface area contributed by atoms with E-state index in [2.05, 4.69) is 17.5 Å². The summed E-state index contributed by atoms with van der Waals surface area (Å²) in [5, 5.41) is 0. The molecule has 1 saturated heterocycles. The van der Waals surface area contributed by atoms with Crippen molar-refractivity contribution in [2.24, 2.45) is 0 Å². The van der Waals surface area contributed by atoms with E-state index in [1.807, 2.05) is 38.1 Å². The van der Waals surface area contributed by atoms with Crippen LogP contribution in [0.3, 0.4) is 0 Å². The monoisotopic (exact) mass is 410 g/mol. The fourth-order valence-electron chi connectivity index (χ4n) is 3.58. The Morgan fingerprint density at radius 2 is 1.14 bits per heavy atom. The zero-order valence-electron chi connectivity index (χ0n) is 15.0. The first-order valence-electron chi connectivity index (χ1n) is 8.59. The molecule has 0 N–H and O–H groups in total. The summed E-state index contributed by atoms with van der Waals surface area (Å²) in [5.41, 5.74) is 5.85. The topological polar surface area (TPSA) is 92.2 Å². The SMILES string of the molecule is Cc1ccc2nsnc2c1N1CC(=O)N(c2c(C)ccc3nsnc23)CC1=O. The van der Waals surface area contributed by atoms with Gasteiger partial charge >= 0.3 is 0 Å². The van der Waals surface area contributed by atoms with Gasteiger partial charge in [0.25, 0.3) is 0 Å². The van der Waals surface area contributed by atoms with Crippen molar-refractivity contribution in [3.05, 3.63) is 35.4 Å². The number of carbonyl (C=O) groups is 2. The average Bonchev–Trinajstić information content (AvgIpc) is 3.33. The van der Waals surface area contributed by atoms with Gasteiger partial charge in [-0.1, -0.05) is 12.1 Å². The van der Waals surface area contributed by atoms with Gasteiger partial charge in [-0.05, 0) is 37.1 Å². The molecule has 28 heavy (non-hydrogen) atoms. The van der Waals surface area contributed by atoms with Gasteiger partial charge in [-0.25, -0.2) is 0 Å². The molecule has 1 aliphatic heterocycles. The Hall–Kier alpha value is -2.98. The summed E-state index contributed by atoms with van der Waals surface area (Å²) in [7, 11) is 0. The number of hydrogen-bond acceptors (Lipinski definition) is 8. The molecular weight excluding hydrogens is 396 g/mol. The van der Waals surface area contributed by atoms with Crippen LogP contribution in [0.25, 0.3) is 22.1 Å². The molecule has 2 aromatic heterocycles. The van der Waals surface area contributed by atoms with Gasteiger partial charge in [0.05, 0.1) is 34.8 Å². The summed E-state index contributed by atoms with van der Waals surface area (Å²) < 4.78 is 17.2. The first-order chi connectivity index (χ1) is 13.5. The van der Waals surface area contributed by atoms with Crippen LogP contribution in [0, 0.1) is 13.8 Å². The highest BCUT2D eigenvalue weighted by atomic mass is 32.1. The van der Waals surface area contributed by atoms with E-state index in [-0.39, 0.29) is 24.9 Å². The lowest BCUT2D eigenvalue weighted by atomic mass is 10.1. The van der Waals surface area contributed by atoms with Crippen molar-refractivity contribution in [2.75, 3.05) is 22.9 Å². The second kappa shape index (κ2) is 6.28. The van der Waals surface area contributed by atoms with Crippen molar-refractivity contribution in [3.63, 3.8) is 0 Å². The van der Waals surface area contributed by atoms with Crippen molar-refractivity contribution >= 4 is 68.7 Å². The number of nitrogens with zero attached hydrogens (tertiary/aromatic N) is 6. The van der Waals surface area contributed by atoms with Gasteiger partial charge in [0.1, 0.15) is 35.2 Å². The number of piperazine rings is 1. The zero-order valence-corrected chi connectivity index (χ0v) is 16.7. The molecule has 5 rings (SSSR count). The van der Waals surface area contributed by atoms with Crippen LogP contribution < -0.4 is 9.80 Å². The molecule has 10 heteroatoms. The number of carbonyl (C=O) groups excluding carboxylic acids is 2. The average molecular weight is 410 g/mol. The molecular formula is C18H14N6O2S2. The lowest BCUT2D eigenvalue weighted by Gasteiger charge is -2.35. The van der Waals surface area contributed by atoms with Crippen molar-refractivity contribution in [1.29, 1.82) is 0 Å². The summed E-state index contributed by atoms with van der Waals surface area (Å²) in [6.45, 7) is 3.71. The van der Waals surface area contributed by atoms with Gasteiger partial charge in [-0.2, -0.15) is 17.5 Å². The van der Waals surface area contributed by atoms with Crippen LogP contribution in [-0.4, -0.2) is 42.4 Å². The number of hydrogen-bond donors (Lipinski definition) is 0. The van der Waals surface area contributed by atoms with Crippen molar-refractivity contribution in [3.8, 4) is 0 Å². The van der Waals surface area contributed by atoms with Crippen molar-refractivity contribution < 1.29 is 9.59 Å². The van der Waals surface area contributed by atoms with Gasteiger partial charge in [0.15, 0.2) is 0 Å². The first kappa shape index (κ1) is 17.1. The van der Waals surface area contributed by atoms with E-state index in [0.717, 1.165) is 45.6 Å². The molecule has 0 radical (unpaired) electrons. The minimum Gasteiger partial charge on any atom is -0.299 e. The Labute approximate surface area is 168 Å². The maximum atomic E-state index is 13.1. The fraction of sp³-hybridized carbons (Fsp3) is 0.222. The van der Waals surface area contributed by atoms with Crippen LogP contribution in [0.2, 0.25) is 0 Å². The Kier molecular flexibility index (Phi) is 3.84. The van der Waals surface area contributed by atoms with Gasteiger partial charge in [-0.3, -0.25) is 19.4 Å². The number of fused-ring (bicyclic) bond motifs is 2. The minimum atomic E-state index is -0.164. The number of aromatic nitrogens is 4. The van der Waals surface area contributed by atoms with E-state index in [1.54, 1.807) is 0 Å². The van der Waals surface area contributed by atoms with Gasteiger partial charge < -0.3 is 0 Å². The Morgan fingerprint density at radius 1 is 0.714 bits per heavy atom. The molecule has 140 valence electrons. The number of benzene rings is 2. The van der Waals surface area contributed by atoms with E-state index in [1.165, 1.54) is 9.80 Å². The lowest BCUT2D eigenvalue weighted by molar-refractivity contribution is -0.125. The summed E-state index contributed by atoms with van der Waals surface area (Å²) in [6.07, 6.45) is 0. The van der Waals surface area contributed by atoms with Crippen LogP contribution in [0.1, 0.15) is 11.1 Å². The number of amides is 2. The molecule has 0 spiro atoms. The summed E-state index contributed by atoms with van der Waals surface area (Å²) in [4.78, 5) is 29.2. The van der Waals surface area contributed by atoms with Crippen LogP contribution >= 0.6 is 23.5 Å². The molecule has 0 saturated carbocycles. The van der Waals surface area contributed by atoms with E-state index in [9.17, 15) is 9.59 Å². The third-order valence-corrected chi connectivity index (χ3v) is 6.02. The maximum Gasteiger partial charge on any atom is 0.247 e. The van der Waals surface area contributed by atoms with E-state index >= 15 is 0 Å². The van der Waals surface area contributed by atoms with Crippen molar-refractivity contribution in [2.45, 2.75) is 13.8 Å². The number of aryl methyl sites for hydroxylation is 2. The largest absolute Gasteiger partial charge is 0.299 e. The Bertz CT molecular complexity index is 1170. The smallest absolute Gasteiger partial charge is 0.247 e. The highest BCUT2D eigenvalue weighted by Gasteiger charge is 2.35.